The first-order chi connectivity index (χ1) is 12.2. The summed E-state index contributed by atoms with van der Waals surface area (Å²) in [5.41, 5.74) is 5.60. The maximum Gasteiger partial charge on any atom is 0.305 e. The van der Waals surface area contributed by atoms with Crippen molar-refractivity contribution < 1.29 is 9.53 Å². The SMILES string of the molecule is COC(=O)CCc1ccc(Nc2ccc(-c3ccccc3)cc2)cc1. The number of hydrogen-bond acceptors (Lipinski definition) is 3. The summed E-state index contributed by atoms with van der Waals surface area (Å²) in [4.78, 5) is 11.2. The average molecular weight is 331 g/mol. The molecular formula is C22H21NO2. The summed E-state index contributed by atoms with van der Waals surface area (Å²) in [6.45, 7) is 0. The molecular weight excluding hydrogens is 310 g/mol. The monoisotopic (exact) mass is 331 g/mol. The van der Waals surface area contributed by atoms with Gasteiger partial charge < -0.3 is 10.1 Å². The third-order valence-electron chi connectivity index (χ3n) is 4.08. The predicted octanol–water partition coefficient (Wildman–Crippen LogP) is 5.20. The molecule has 0 radical (unpaired) electrons. The Morgan fingerprint density at radius 1 is 0.800 bits per heavy atom. The van der Waals surface area contributed by atoms with Crippen LogP contribution in [-0.2, 0) is 16.0 Å². The largest absolute Gasteiger partial charge is 0.469 e. The molecule has 3 nitrogen and oxygen atoms in total. The maximum absolute atomic E-state index is 11.2. The Morgan fingerprint density at radius 2 is 1.36 bits per heavy atom. The Morgan fingerprint density at radius 3 is 1.96 bits per heavy atom. The van der Waals surface area contributed by atoms with E-state index < -0.39 is 0 Å². The van der Waals surface area contributed by atoms with Crippen molar-refractivity contribution in [3.8, 4) is 11.1 Å². The molecule has 1 N–H and O–H groups in total. The third kappa shape index (κ3) is 4.70. The van der Waals surface area contributed by atoms with Gasteiger partial charge in [0, 0.05) is 17.8 Å². The molecule has 25 heavy (non-hydrogen) atoms. The second-order valence-corrected chi connectivity index (χ2v) is 5.84. The fraction of sp³-hybridized carbons (Fsp3) is 0.136. The molecule has 0 unspecified atom stereocenters. The molecule has 0 spiro atoms. The van der Waals surface area contributed by atoms with Crippen molar-refractivity contribution in [3.05, 3.63) is 84.4 Å². The number of carbonyl (C=O) groups is 1. The second-order valence-electron chi connectivity index (χ2n) is 5.84. The zero-order valence-corrected chi connectivity index (χ0v) is 14.2. The maximum atomic E-state index is 11.2. The highest BCUT2D eigenvalue weighted by atomic mass is 16.5. The van der Waals surface area contributed by atoms with Crippen LogP contribution in [0.5, 0.6) is 0 Å². The molecule has 3 heteroatoms. The van der Waals surface area contributed by atoms with Crippen molar-refractivity contribution in [2.24, 2.45) is 0 Å². The van der Waals surface area contributed by atoms with Crippen LogP contribution in [0.3, 0.4) is 0 Å². The Labute approximate surface area is 148 Å². The molecule has 126 valence electrons. The van der Waals surface area contributed by atoms with Crippen molar-refractivity contribution in [1.82, 2.24) is 0 Å². The van der Waals surface area contributed by atoms with Gasteiger partial charge >= 0.3 is 5.97 Å². The Balaban J connectivity index is 1.61. The van der Waals surface area contributed by atoms with Crippen LogP contribution in [0.25, 0.3) is 11.1 Å². The fourth-order valence-electron chi connectivity index (χ4n) is 2.65. The highest BCUT2D eigenvalue weighted by Crippen LogP contribution is 2.23. The summed E-state index contributed by atoms with van der Waals surface area (Å²) >= 11 is 0. The Kier molecular flexibility index (Phi) is 5.47. The van der Waals surface area contributed by atoms with E-state index in [0.29, 0.717) is 12.8 Å². The lowest BCUT2D eigenvalue weighted by Gasteiger charge is -2.09. The zero-order chi connectivity index (χ0) is 17.5. The number of benzene rings is 3. The lowest BCUT2D eigenvalue weighted by molar-refractivity contribution is -0.140. The zero-order valence-electron chi connectivity index (χ0n) is 14.2. The molecule has 0 fully saturated rings. The summed E-state index contributed by atoms with van der Waals surface area (Å²) in [5, 5.41) is 3.39. The molecule has 0 saturated heterocycles. The molecule has 0 bridgehead atoms. The molecule has 3 aromatic carbocycles. The van der Waals surface area contributed by atoms with Crippen molar-refractivity contribution >= 4 is 17.3 Å². The van der Waals surface area contributed by atoms with Crippen LogP contribution in [0.15, 0.2) is 78.9 Å². The molecule has 0 heterocycles. The molecule has 0 amide bonds. The summed E-state index contributed by atoms with van der Waals surface area (Å²) in [6.07, 6.45) is 1.10. The van der Waals surface area contributed by atoms with E-state index in [1.54, 1.807) is 0 Å². The number of rotatable bonds is 6. The van der Waals surface area contributed by atoms with E-state index in [4.69, 9.17) is 0 Å². The number of aryl methyl sites for hydroxylation is 1. The fourth-order valence-corrected chi connectivity index (χ4v) is 2.65. The first kappa shape index (κ1) is 16.8. The highest BCUT2D eigenvalue weighted by Gasteiger charge is 2.02. The van der Waals surface area contributed by atoms with Gasteiger partial charge in [0.25, 0.3) is 0 Å². The van der Waals surface area contributed by atoms with Gasteiger partial charge in [0.15, 0.2) is 0 Å². The molecule has 0 saturated carbocycles. The van der Waals surface area contributed by atoms with Crippen LogP contribution in [0.2, 0.25) is 0 Å². The highest BCUT2D eigenvalue weighted by molar-refractivity contribution is 5.70. The molecule has 0 aliphatic heterocycles. The Hall–Kier alpha value is -3.07. The summed E-state index contributed by atoms with van der Waals surface area (Å²) in [5.74, 6) is -0.180. The summed E-state index contributed by atoms with van der Waals surface area (Å²) in [7, 11) is 1.42. The van der Waals surface area contributed by atoms with Gasteiger partial charge in [0.2, 0.25) is 0 Å². The molecule has 0 aromatic heterocycles. The van der Waals surface area contributed by atoms with Gasteiger partial charge in [-0.2, -0.15) is 0 Å². The molecule has 3 rings (SSSR count). The van der Waals surface area contributed by atoms with Crippen LogP contribution in [0.4, 0.5) is 11.4 Å². The first-order valence-corrected chi connectivity index (χ1v) is 8.33. The van der Waals surface area contributed by atoms with E-state index in [1.807, 2.05) is 42.5 Å². The minimum Gasteiger partial charge on any atom is -0.469 e. The number of esters is 1. The van der Waals surface area contributed by atoms with Crippen molar-refractivity contribution in [2.45, 2.75) is 12.8 Å². The number of carbonyl (C=O) groups excluding carboxylic acids is 1. The van der Waals surface area contributed by atoms with Gasteiger partial charge in [0.05, 0.1) is 7.11 Å². The number of methoxy groups -OCH3 is 1. The van der Waals surface area contributed by atoms with Crippen LogP contribution in [0, 0.1) is 0 Å². The van der Waals surface area contributed by atoms with Crippen molar-refractivity contribution in [2.75, 3.05) is 12.4 Å². The minimum atomic E-state index is -0.180. The van der Waals surface area contributed by atoms with E-state index in [0.717, 1.165) is 16.9 Å². The topological polar surface area (TPSA) is 38.3 Å². The second kappa shape index (κ2) is 8.15. The van der Waals surface area contributed by atoms with E-state index in [9.17, 15) is 4.79 Å². The molecule has 0 atom stereocenters. The molecule has 3 aromatic rings. The molecule has 0 aliphatic rings. The predicted molar refractivity (Wildman–Crippen MR) is 102 cm³/mol. The minimum absolute atomic E-state index is 0.180. The van der Waals surface area contributed by atoms with Crippen molar-refractivity contribution in [1.29, 1.82) is 0 Å². The molecule has 0 aliphatic carbocycles. The van der Waals surface area contributed by atoms with E-state index >= 15 is 0 Å². The van der Waals surface area contributed by atoms with Crippen LogP contribution in [0.1, 0.15) is 12.0 Å². The van der Waals surface area contributed by atoms with Gasteiger partial charge in [-0.05, 0) is 47.4 Å². The summed E-state index contributed by atoms with van der Waals surface area (Å²) in [6, 6.07) is 26.8. The van der Waals surface area contributed by atoms with Crippen LogP contribution < -0.4 is 5.32 Å². The number of hydrogen-bond donors (Lipinski definition) is 1. The number of anilines is 2. The lowest BCUT2D eigenvalue weighted by Crippen LogP contribution is -2.01. The average Bonchev–Trinajstić information content (AvgIpc) is 2.68. The van der Waals surface area contributed by atoms with E-state index in [2.05, 4.69) is 46.5 Å². The quantitative estimate of drug-likeness (QED) is 0.631. The summed E-state index contributed by atoms with van der Waals surface area (Å²) < 4.78 is 4.66. The van der Waals surface area contributed by atoms with Gasteiger partial charge in [-0.1, -0.05) is 54.6 Å². The number of ether oxygens (including phenoxy) is 1. The van der Waals surface area contributed by atoms with E-state index in [1.165, 1.54) is 18.2 Å². The normalized spacial score (nSPS) is 10.3. The van der Waals surface area contributed by atoms with Gasteiger partial charge in [-0.15, -0.1) is 0 Å². The number of nitrogens with one attached hydrogen (secondary N) is 1. The standard InChI is InChI=1S/C22H21NO2/c1-25-22(24)16-9-17-7-12-20(13-8-17)23-21-14-10-19(11-15-21)18-5-3-2-4-6-18/h2-8,10-15,23H,9,16H2,1H3. The van der Waals surface area contributed by atoms with Gasteiger partial charge in [-0.25, -0.2) is 0 Å². The first-order valence-electron chi connectivity index (χ1n) is 8.33. The van der Waals surface area contributed by atoms with Gasteiger partial charge in [0.1, 0.15) is 0 Å². The van der Waals surface area contributed by atoms with Crippen LogP contribution >= 0.6 is 0 Å². The van der Waals surface area contributed by atoms with Gasteiger partial charge in [-0.3, -0.25) is 4.79 Å². The smallest absolute Gasteiger partial charge is 0.305 e. The third-order valence-corrected chi connectivity index (χ3v) is 4.08. The Bertz CT molecular complexity index is 809. The van der Waals surface area contributed by atoms with Crippen molar-refractivity contribution in [3.63, 3.8) is 0 Å². The van der Waals surface area contributed by atoms with Crippen LogP contribution in [-0.4, -0.2) is 13.1 Å². The van der Waals surface area contributed by atoms with E-state index in [-0.39, 0.29) is 5.97 Å². The lowest BCUT2D eigenvalue weighted by atomic mass is 10.1.